The molecule has 5 nitrogen and oxygen atoms in total. The Hall–Kier alpha value is -1.40. The van der Waals surface area contributed by atoms with Crippen molar-refractivity contribution >= 4 is 15.7 Å². The van der Waals surface area contributed by atoms with Crippen LogP contribution in [0.15, 0.2) is 24.3 Å². The van der Waals surface area contributed by atoms with E-state index in [2.05, 4.69) is 57.3 Å². The third-order valence-corrected chi connectivity index (χ3v) is 6.36. The lowest BCUT2D eigenvalue weighted by molar-refractivity contribution is -0.123. The smallest absolute Gasteiger partial charge is 0.234 e. The summed E-state index contributed by atoms with van der Waals surface area (Å²) in [7, 11) is -2.92. The Bertz CT molecular complexity index is 667. The van der Waals surface area contributed by atoms with Crippen LogP contribution in [0.1, 0.15) is 50.8 Å². The van der Waals surface area contributed by atoms with Crippen molar-refractivity contribution in [3.8, 4) is 0 Å². The Labute approximate surface area is 151 Å². The van der Waals surface area contributed by atoms with E-state index in [1.165, 1.54) is 5.56 Å². The summed E-state index contributed by atoms with van der Waals surface area (Å²) in [5.41, 5.74) is 2.39. The highest BCUT2D eigenvalue weighted by molar-refractivity contribution is 7.91. The molecule has 1 unspecified atom stereocenters. The summed E-state index contributed by atoms with van der Waals surface area (Å²) in [6, 6.07) is 8.39. The van der Waals surface area contributed by atoms with Crippen molar-refractivity contribution in [1.29, 1.82) is 0 Å². The molecule has 1 aromatic carbocycles. The molecule has 6 heteroatoms. The molecule has 1 aromatic rings. The van der Waals surface area contributed by atoms with Gasteiger partial charge in [-0.15, -0.1) is 0 Å². The highest BCUT2D eigenvalue weighted by Crippen LogP contribution is 2.24. The summed E-state index contributed by atoms with van der Waals surface area (Å²) in [4.78, 5) is 14.3. The van der Waals surface area contributed by atoms with Crippen molar-refractivity contribution in [2.24, 2.45) is 5.92 Å². The fourth-order valence-electron chi connectivity index (χ4n) is 3.05. The first-order valence-electron chi connectivity index (χ1n) is 9.00. The number of carbonyl (C=O) groups excluding carboxylic acids is 1. The molecule has 0 aromatic heterocycles. The van der Waals surface area contributed by atoms with E-state index in [4.69, 9.17) is 0 Å². The summed E-state index contributed by atoms with van der Waals surface area (Å²) >= 11 is 0. The predicted octanol–water partition coefficient (Wildman–Crippen LogP) is 2.35. The van der Waals surface area contributed by atoms with Gasteiger partial charge in [0.2, 0.25) is 5.91 Å². The molecule has 25 heavy (non-hydrogen) atoms. The number of sulfone groups is 1. The molecule has 0 spiro atoms. The fraction of sp³-hybridized carbons (Fsp3) is 0.632. The molecule has 1 fully saturated rings. The Balaban J connectivity index is 1.97. The van der Waals surface area contributed by atoms with Gasteiger partial charge in [-0.25, -0.2) is 8.42 Å². The number of nitrogens with one attached hydrogen (secondary N) is 1. The van der Waals surface area contributed by atoms with E-state index in [0.717, 1.165) is 5.56 Å². The number of carbonyl (C=O) groups is 1. The highest BCUT2D eigenvalue weighted by atomic mass is 32.2. The van der Waals surface area contributed by atoms with E-state index < -0.39 is 9.84 Å². The normalized spacial score (nSPS) is 19.1. The molecule has 1 amide bonds. The van der Waals surface area contributed by atoms with Gasteiger partial charge in [0.25, 0.3) is 0 Å². The second-order valence-electron chi connectivity index (χ2n) is 7.54. The summed E-state index contributed by atoms with van der Waals surface area (Å²) in [6.45, 7) is 9.63. The molecule has 0 bridgehead atoms. The summed E-state index contributed by atoms with van der Waals surface area (Å²) in [5, 5.41) is 3.12. The number of hydrogen-bond acceptors (Lipinski definition) is 4. The lowest BCUT2D eigenvalue weighted by atomic mass is 9.93. The van der Waals surface area contributed by atoms with E-state index in [1.54, 1.807) is 0 Å². The maximum absolute atomic E-state index is 12.4. The third-order valence-electron chi connectivity index (χ3n) is 4.75. The second kappa shape index (κ2) is 8.32. The maximum atomic E-state index is 12.4. The first-order valence-corrected chi connectivity index (χ1v) is 10.8. The minimum atomic E-state index is -2.92. The molecule has 1 atom stereocenters. The van der Waals surface area contributed by atoms with Crippen LogP contribution < -0.4 is 5.32 Å². The molecule has 1 heterocycles. The quantitative estimate of drug-likeness (QED) is 0.839. The SMILES string of the molecule is CC(C)c1ccc(C(NC(=O)CN2CCS(=O)(=O)CC2)C(C)C)cc1. The Morgan fingerprint density at radius 1 is 1.04 bits per heavy atom. The standard InChI is InChI=1S/C19H30N2O3S/c1-14(2)16-5-7-17(8-6-16)19(15(3)4)20-18(22)13-21-9-11-25(23,24)12-10-21/h5-8,14-15,19H,9-13H2,1-4H3,(H,20,22). The lowest BCUT2D eigenvalue weighted by Gasteiger charge is -2.28. The predicted molar refractivity (Wildman–Crippen MR) is 101 cm³/mol. The third kappa shape index (κ3) is 5.82. The molecule has 1 N–H and O–H groups in total. The Morgan fingerprint density at radius 2 is 1.56 bits per heavy atom. The molecule has 1 saturated heterocycles. The molecule has 140 valence electrons. The van der Waals surface area contributed by atoms with Crippen LogP contribution >= 0.6 is 0 Å². The van der Waals surface area contributed by atoms with Crippen molar-refractivity contribution in [1.82, 2.24) is 10.2 Å². The van der Waals surface area contributed by atoms with Crippen molar-refractivity contribution in [2.45, 2.75) is 39.7 Å². The maximum Gasteiger partial charge on any atom is 0.234 e. The number of benzene rings is 1. The number of amides is 1. The van der Waals surface area contributed by atoms with Gasteiger partial charge in [0, 0.05) is 13.1 Å². The van der Waals surface area contributed by atoms with E-state index in [1.807, 2.05) is 4.90 Å². The van der Waals surface area contributed by atoms with E-state index in [9.17, 15) is 13.2 Å². The topological polar surface area (TPSA) is 66.5 Å². The van der Waals surface area contributed by atoms with Gasteiger partial charge in [-0.1, -0.05) is 52.0 Å². The van der Waals surface area contributed by atoms with E-state index in [-0.39, 0.29) is 35.9 Å². The van der Waals surface area contributed by atoms with E-state index in [0.29, 0.717) is 19.0 Å². The van der Waals surface area contributed by atoms with E-state index >= 15 is 0 Å². The molecule has 2 rings (SSSR count). The van der Waals surface area contributed by atoms with Gasteiger partial charge in [-0.3, -0.25) is 9.69 Å². The van der Waals surface area contributed by atoms with Crippen LogP contribution in [0, 0.1) is 5.92 Å². The van der Waals surface area contributed by atoms with Crippen LogP contribution in [0.3, 0.4) is 0 Å². The summed E-state index contributed by atoms with van der Waals surface area (Å²) in [5.74, 6) is 0.993. The highest BCUT2D eigenvalue weighted by Gasteiger charge is 2.24. The van der Waals surface area contributed by atoms with Crippen molar-refractivity contribution in [3.05, 3.63) is 35.4 Å². The zero-order chi connectivity index (χ0) is 18.6. The minimum absolute atomic E-state index is 0.0396. The largest absolute Gasteiger partial charge is 0.348 e. The molecule has 1 aliphatic rings. The molecule has 0 saturated carbocycles. The molecule has 0 radical (unpaired) electrons. The number of hydrogen-bond donors (Lipinski definition) is 1. The van der Waals surface area contributed by atoms with Gasteiger partial charge >= 0.3 is 0 Å². The summed E-state index contributed by atoms with van der Waals surface area (Å²) < 4.78 is 23.0. The van der Waals surface area contributed by atoms with Crippen LogP contribution in [-0.2, 0) is 14.6 Å². The van der Waals surface area contributed by atoms with Crippen LogP contribution in [-0.4, -0.2) is 50.4 Å². The number of rotatable bonds is 6. The minimum Gasteiger partial charge on any atom is -0.348 e. The zero-order valence-electron chi connectivity index (χ0n) is 15.7. The van der Waals surface area contributed by atoms with Gasteiger partial charge in [0.05, 0.1) is 24.1 Å². The Morgan fingerprint density at radius 3 is 2.04 bits per heavy atom. The van der Waals surface area contributed by atoms with Gasteiger partial charge in [-0.05, 0) is 23.0 Å². The number of nitrogens with zero attached hydrogens (tertiary/aromatic N) is 1. The fourth-order valence-corrected chi connectivity index (χ4v) is 4.33. The first kappa shape index (κ1) is 19.9. The van der Waals surface area contributed by atoms with Crippen LogP contribution in [0.25, 0.3) is 0 Å². The van der Waals surface area contributed by atoms with Gasteiger partial charge in [0.15, 0.2) is 9.84 Å². The second-order valence-corrected chi connectivity index (χ2v) is 9.84. The van der Waals surface area contributed by atoms with Crippen LogP contribution in [0.5, 0.6) is 0 Å². The first-order chi connectivity index (χ1) is 11.7. The van der Waals surface area contributed by atoms with Crippen LogP contribution in [0.4, 0.5) is 0 Å². The molecular formula is C19H30N2O3S. The monoisotopic (exact) mass is 366 g/mol. The van der Waals surface area contributed by atoms with Crippen molar-refractivity contribution < 1.29 is 13.2 Å². The van der Waals surface area contributed by atoms with Crippen LogP contribution in [0.2, 0.25) is 0 Å². The zero-order valence-corrected chi connectivity index (χ0v) is 16.5. The average Bonchev–Trinajstić information content (AvgIpc) is 2.54. The average molecular weight is 367 g/mol. The van der Waals surface area contributed by atoms with Gasteiger partial charge in [-0.2, -0.15) is 0 Å². The molecular weight excluding hydrogens is 336 g/mol. The Kier molecular flexibility index (Phi) is 6.63. The lowest BCUT2D eigenvalue weighted by Crippen LogP contribution is -2.46. The summed E-state index contributed by atoms with van der Waals surface area (Å²) in [6.07, 6.45) is 0. The molecule has 1 aliphatic heterocycles. The molecule has 0 aliphatic carbocycles. The van der Waals surface area contributed by atoms with Gasteiger partial charge in [0.1, 0.15) is 0 Å². The van der Waals surface area contributed by atoms with Crippen molar-refractivity contribution in [2.75, 3.05) is 31.1 Å². The van der Waals surface area contributed by atoms with Gasteiger partial charge < -0.3 is 5.32 Å². The van der Waals surface area contributed by atoms with Crippen molar-refractivity contribution in [3.63, 3.8) is 0 Å².